The molecule has 0 saturated heterocycles. The fourth-order valence-electron chi connectivity index (χ4n) is 1.93. The number of nitrogen functional groups attached to an aromatic ring is 1. The van der Waals surface area contributed by atoms with Gasteiger partial charge in [-0.3, -0.25) is 0 Å². The van der Waals surface area contributed by atoms with Crippen LogP contribution in [0.2, 0.25) is 0 Å². The van der Waals surface area contributed by atoms with Crippen LogP contribution in [0.4, 0.5) is 11.4 Å². The first-order chi connectivity index (χ1) is 8.95. The number of carbonyl (C=O) groups is 1. The third-order valence-electron chi connectivity index (χ3n) is 2.77. The van der Waals surface area contributed by atoms with Crippen molar-refractivity contribution in [1.82, 2.24) is 0 Å². The SMILES string of the molecule is COCCN(CC(C)C)c1ccc(C(=O)O)cc1N. The minimum atomic E-state index is -0.967. The highest BCUT2D eigenvalue weighted by Gasteiger charge is 2.13. The molecule has 0 aliphatic carbocycles. The van der Waals surface area contributed by atoms with Crippen molar-refractivity contribution in [2.24, 2.45) is 5.92 Å². The van der Waals surface area contributed by atoms with Crippen molar-refractivity contribution in [3.8, 4) is 0 Å². The molecule has 0 aliphatic rings. The van der Waals surface area contributed by atoms with E-state index in [4.69, 9.17) is 15.6 Å². The first-order valence-corrected chi connectivity index (χ1v) is 6.32. The molecule has 0 fully saturated rings. The van der Waals surface area contributed by atoms with E-state index < -0.39 is 5.97 Å². The van der Waals surface area contributed by atoms with Crippen LogP contribution in [-0.2, 0) is 4.74 Å². The second-order valence-corrected chi connectivity index (χ2v) is 4.91. The van der Waals surface area contributed by atoms with Gasteiger partial charge in [-0.2, -0.15) is 0 Å². The molecule has 0 unspecified atom stereocenters. The van der Waals surface area contributed by atoms with Crippen LogP contribution in [-0.4, -0.2) is 37.9 Å². The van der Waals surface area contributed by atoms with Gasteiger partial charge in [-0.1, -0.05) is 13.8 Å². The average molecular weight is 266 g/mol. The van der Waals surface area contributed by atoms with Gasteiger partial charge in [0.2, 0.25) is 0 Å². The summed E-state index contributed by atoms with van der Waals surface area (Å²) in [6, 6.07) is 4.84. The number of methoxy groups -OCH3 is 1. The van der Waals surface area contributed by atoms with E-state index in [-0.39, 0.29) is 5.56 Å². The summed E-state index contributed by atoms with van der Waals surface area (Å²) in [5, 5.41) is 8.94. The Kier molecular flexibility index (Phi) is 5.63. The number of hydrogen-bond donors (Lipinski definition) is 2. The summed E-state index contributed by atoms with van der Waals surface area (Å²) in [7, 11) is 1.66. The summed E-state index contributed by atoms with van der Waals surface area (Å²) in [5.41, 5.74) is 7.51. The summed E-state index contributed by atoms with van der Waals surface area (Å²) in [5.74, 6) is -0.485. The average Bonchev–Trinajstić information content (AvgIpc) is 2.34. The van der Waals surface area contributed by atoms with Gasteiger partial charge in [0.05, 0.1) is 23.5 Å². The Bertz CT molecular complexity index is 433. The molecule has 0 amide bonds. The van der Waals surface area contributed by atoms with Crippen LogP contribution < -0.4 is 10.6 Å². The Hall–Kier alpha value is -1.75. The number of hydrogen-bond acceptors (Lipinski definition) is 4. The van der Waals surface area contributed by atoms with Crippen molar-refractivity contribution >= 4 is 17.3 Å². The molecule has 0 atom stereocenters. The van der Waals surface area contributed by atoms with E-state index in [2.05, 4.69) is 18.7 Å². The molecule has 0 bridgehead atoms. The van der Waals surface area contributed by atoms with Crippen molar-refractivity contribution in [1.29, 1.82) is 0 Å². The van der Waals surface area contributed by atoms with Crippen LogP contribution in [0.5, 0.6) is 0 Å². The maximum Gasteiger partial charge on any atom is 0.335 e. The molecular weight excluding hydrogens is 244 g/mol. The third kappa shape index (κ3) is 4.44. The molecule has 3 N–H and O–H groups in total. The number of nitrogens with zero attached hydrogens (tertiary/aromatic N) is 1. The summed E-state index contributed by atoms with van der Waals surface area (Å²) < 4.78 is 5.10. The first kappa shape index (κ1) is 15.3. The monoisotopic (exact) mass is 266 g/mol. The minimum absolute atomic E-state index is 0.206. The summed E-state index contributed by atoms with van der Waals surface area (Å²) in [6.07, 6.45) is 0. The Morgan fingerprint density at radius 1 is 1.47 bits per heavy atom. The highest BCUT2D eigenvalue weighted by molar-refractivity contribution is 5.90. The maximum atomic E-state index is 10.9. The van der Waals surface area contributed by atoms with E-state index in [9.17, 15) is 4.79 Å². The highest BCUT2D eigenvalue weighted by Crippen LogP contribution is 2.25. The zero-order valence-corrected chi connectivity index (χ0v) is 11.7. The van der Waals surface area contributed by atoms with Gasteiger partial charge in [0.25, 0.3) is 0 Å². The zero-order valence-electron chi connectivity index (χ0n) is 11.7. The van der Waals surface area contributed by atoms with Gasteiger partial charge >= 0.3 is 5.97 Å². The van der Waals surface area contributed by atoms with Gasteiger partial charge in [0, 0.05) is 20.2 Å². The Morgan fingerprint density at radius 3 is 2.63 bits per heavy atom. The van der Waals surface area contributed by atoms with E-state index in [0.29, 0.717) is 18.2 Å². The number of carboxylic acids is 1. The normalized spacial score (nSPS) is 10.7. The number of carboxylic acid groups (broad SMARTS) is 1. The number of rotatable bonds is 7. The molecule has 0 aliphatic heterocycles. The lowest BCUT2D eigenvalue weighted by Gasteiger charge is -2.27. The van der Waals surface area contributed by atoms with E-state index in [1.165, 1.54) is 6.07 Å². The number of ether oxygens (including phenoxy) is 1. The van der Waals surface area contributed by atoms with Crippen LogP contribution in [0.1, 0.15) is 24.2 Å². The van der Waals surface area contributed by atoms with Crippen molar-refractivity contribution < 1.29 is 14.6 Å². The van der Waals surface area contributed by atoms with Crippen LogP contribution >= 0.6 is 0 Å². The van der Waals surface area contributed by atoms with Crippen LogP contribution in [0, 0.1) is 5.92 Å². The highest BCUT2D eigenvalue weighted by atomic mass is 16.5. The Morgan fingerprint density at radius 2 is 2.16 bits per heavy atom. The quantitative estimate of drug-likeness (QED) is 0.739. The van der Waals surface area contributed by atoms with E-state index in [1.54, 1.807) is 19.2 Å². The molecule has 0 saturated carbocycles. The van der Waals surface area contributed by atoms with Crippen molar-refractivity contribution in [2.75, 3.05) is 37.4 Å². The predicted octanol–water partition coefficient (Wildman–Crippen LogP) is 2.08. The second-order valence-electron chi connectivity index (χ2n) is 4.91. The van der Waals surface area contributed by atoms with Crippen molar-refractivity contribution in [3.63, 3.8) is 0 Å². The molecule has 19 heavy (non-hydrogen) atoms. The van der Waals surface area contributed by atoms with Gasteiger partial charge in [0.1, 0.15) is 0 Å². The number of nitrogens with two attached hydrogens (primary N) is 1. The van der Waals surface area contributed by atoms with Gasteiger partial charge in [0.15, 0.2) is 0 Å². The Balaban J connectivity index is 2.97. The lowest BCUT2D eigenvalue weighted by Crippen LogP contribution is -2.31. The molecule has 1 aromatic rings. The zero-order chi connectivity index (χ0) is 14.4. The molecule has 1 aromatic carbocycles. The maximum absolute atomic E-state index is 10.9. The van der Waals surface area contributed by atoms with Gasteiger partial charge in [-0.05, 0) is 24.1 Å². The Labute approximate surface area is 114 Å². The summed E-state index contributed by atoms with van der Waals surface area (Å²) in [6.45, 7) is 6.43. The molecular formula is C14H22N2O3. The van der Waals surface area contributed by atoms with Gasteiger partial charge < -0.3 is 20.5 Å². The van der Waals surface area contributed by atoms with Crippen LogP contribution in [0.3, 0.4) is 0 Å². The fraction of sp³-hybridized carbons (Fsp3) is 0.500. The fourth-order valence-corrected chi connectivity index (χ4v) is 1.93. The molecule has 0 heterocycles. The first-order valence-electron chi connectivity index (χ1n) is 6.32. The van der Waals surface area contributed by atoms with Crippen molar-refractivity contribution in [2.45, 2.75) is 13.8 Å². The lowest BCUT2D eigenvalue weighted by atomic mass is 10.1. The molecule has 0 aromatic heterocycles. The number of aromatic carboxylic acids is 1. The lowest BCUT2D eigenvalue weighted by molar-refractivity contribution is 0.0697. The predicted molar refractivity (Wildman–Crippen MR) is 76.7 cm³/mol. The van der Waals surface area contributed by atoms with Crippen molar-refractivity contribution in [3.05, 3.63) is 23.8 Å². The number of anilines is 2. The number of benzene rings is 1. The van der Waals surface area contributed by atoms with E-state index in [1.807, 2.05) is 0 Å². The second kappa shape index (κ2) is 6.99. The smallest absolute Gasteiger partial charge is 0.335 e. The molecule has 5 nitrogen and oxygen atoms in total. The molecule has 1 rings (SSSR count). The minimum Gasteiger partial charge on any atom is -0.478 e. The van der Waals surface area contributed by atoms with E-state index in [0.717, 1.165) is 18.8 Å². The third-order valence-corrected chi connectivity index (χ3v) is 2.77. The largest absolute Gasteiger partial charge is 0.478 e. The topological polar surface area (TPSA) is 75.8 Å². The van der Waals surface area contributed by atoms with Gasteiger partial charge in [-0.25, -0.2) is 4.79 Å². The van der Waals surface area contributed by atoms with E-state index >= 15 is 0 Å². The molecule has 106 valence electrons. The summed E-state index contributed by atoms with van der Waals surface area (Å²) >= 11 is 0. The van der Waals surface area contributed by atoms with Crippen LogP contribution in [0.25, 0.3) is 0 Å². The van der Waals surface area contributed by atoms with Crippen LogP contribution in [0.15, 0.2) is 18.2 Å². The standard InChI is InChI=1S/C14H22N2O3/c1-10(2)9-16(6-7-19-3)13-5-4-11(14(17)18)8-12(13)15/h4-5,8,10H,6-7,9,15H2,1-3H3,(H,17,18). The molecule has 0 radical (unpaired) electrons. The molecule has 5 heteroatoms. The summed E-state index contributed by atoms with van der Waals surface area (Å²) in [4.78, 5) is 13.0. The molecule has 0 spiro atoms. The van der Waals surface area contributed by atoms with Gasteiger partial charge in [-0.15, -0.1) is 0 Å².